The van der Waals surface area contributed by atoms with Crippen LogP contribution in [0.5, 0.6) is 0 Å². The second-order valence-corrected chi connectivity index (χ2v) is 3.67. The van der Waals surface area contributed by atoms with Crippen molar-refractivity contribution in [3.63, 3.8) is 0 Å². The first kappa shape index (κ1) is 8.97. The van der Waals surface area contributed by atoms with Crippen molar-refractivity contribution in [1.29, 1.82) is 0 Å². The number of hydrogen-bond acceptors (Lipinski definition) is 2. The molecular formula is C11H17NO. The lowest BCUT2D eigenvalue weighted by molar-refractivity contribution is -0.00209. The zero-order valence-corrected chi connectivity index (χ0v) is 7.91. The number of rotatable bonds is 2. The second-order valence-electron chi connectivity index (χ2n) is 3.67. The van der Waals surface area contributed by atoms with Crippen LogP contribution in [0.1, 0.15) is 19.3 Å². The molecule has 0 spiro atoms. The summed E-state index contributed by atoms with van der Waals surface area (Å²) in [5, 5.41) is 3.34. The molecule has 72 valence electrons. The molecule has 0 saturated carbocycles. The molecular weight excluding hydrogens is 162 g/mol. The molecule has 1 atom stereocenters. The van der Waals surface area contributed by atoms with E-state index in [0.29, 0.717) is 12.2 Å². The molecule has 2 aliphatic rings. The maximum atomic E-state index is 5.95. The summed E-state index contributed by atoms with van der Waals surface area (Å²) in [6, 6.07) is 0. The van der Waals surface area contributed by atoms with Gasteiger partial charge < -0.3 is 10.1 Å². The van der Waals surface area contributed by atoms with Gasteiger partial charge in [-0.2, -0.15) is 0 Å². The van der Waals surface area contributed by atoms with Gasteiger partial charge in [-0.05, 0) is 32.4 Å². The SMILES string of the molecule is C1=CCC(OC2CCNCC2)C=C1. The molecule has 2 nitrogen and oxygen atoms in total. The quantitative estimate of drug-likeness (QED) is 0.695. The Labute approximate surface area is 79.7 Å². The van der Waals surface area contributed by atoms with E-state index in [1.54, 1.807) is 0 Å². The predicted octanol–water partition coefficient (Wildman–Crippen LogP) is 1.64. The van der Waals surface area contributed by atoms with Crippen molar-refractivity contribution in [3.05, 3.63) is 24.3 Å². The van der Waals surface area contributed by atoms with Gasteiger partial charge in [-0.25, -0.2) is 0 Å². The lowest BCUT2D eigenvalue weighted by Crippen LogP contribution is -2.34. The molecule has 0 radical (unpaired) electrons. The number of hydrogen-bond donors (Lipinski definition) is 1. The van der Waals surface area contributed by atoms with Crippen LogP contribution >= 0.6 is 0 Å². The summed E-state index contributed by atoms with van der Waals surface area (Å²) in [5.41, 5.74) is 0. The van der Waals surface area contributed by atoms with Gasteiger partial charge in [0.05, 0.1) is 12.2 Å². The van der Waals surface area contributed by atoms with Crippen LogP contribution in [0.3, 0.4) is 0 Å². The van der Waals surface area contributed by atoms with Crippen LogP contribution in [0.25, 0.3) is 0 Å². The van der Waals surface area contributed by atoms with E-state index in [-0.39, 0.29) is 0 Å². The van der Waals surface area contributed by atoms with Gasteiger partial charge in [0.2, 0.25) is 0 Å². The van der Waals surface area contributed by atoms with E-state index in [1.807, 2.05) is 0 Å². The molecule has 0 aromatic rings. The third-order valence-electron chi connectivity index (χ3n) is 2.59. The smallest absolute Gasteiger partial charge is 0.0797 e. The number of allylic oxidation sites excluding steroid dienone is 2. The van der Waals surface area contributed by atoms with Gasteiger partial charge in [-0.1, -0.05) is 24.3 Å². The minimum absolute atomic E-state index is 0.327. The predicted molar refractivity (Wildman–Crippen MR) is 53.7 cm³/mol. The Kier molecular flexibility index (Phi) is 3.16. The third-order valence-corrected chi connectivity index (χ3v) is 2.59. The number of nitrogens with one attached hydrogen (secondary N) is 1. The lowest BCUT2D eigenvalue weighted by Gasteiger charge is -2.26. The molecule has 1 heterocycles. The summed E-state index contributed by atoms with van der Waals surface area (Å²) in [7, 11) is 0. The largest absolute Gasteiger partial charge is 0.370 e. The molecule has 1 aliphatic carbocycles. The van der Waals surface area contributed by atoms with Gasteiger partial charge >= 0.3 is 0 Å². The zero-order chi connectivity index (χ0) is 8.93. The maximum absolute atomic E-state index is 5.95. The van der Waals surface area contributed by atoms with Gasteiger partial charge in [0, 0.05) is 0 Å². The monoisotopic (exact) mass is 179 g/mol. The Bertz CT molecular complexity index is 204. The first-order chi connectivity index (χ1) is 6.45. The first-order valence-electron chi connectivity index (χ1n) is 5.14. The highest BCUT2D eigenvalue weighted by Gasteiger charge is 2.17. The maximum Gasteiger partial charge on any atom is 0.0797 e. The second kappa shape index (κ2) is 4.58. The van der Waals surface area contributed by atoms with E-state index in [2.05, 4.69) is 29.6 Å². The Morgan fingerprint density at radius 3 is 2.69 bits per heavy atom. The van der Waals surface area contributed by atoms with Crippen molar-refractivity contribution in [3.8, 4) is 0 Å². The summed E-state index contributed by atoms with van der Waals surface area (Å²) in [6.07, 6.45) is 12.7. The van der Waals surface area contributed by atoms with Crippen molar-refractivity contribution < 1.29 is 4.74 Å². The van der Waals surface area contributed by atoms with Crippen LogP contribution in [0, 0.1) is 0 Å². The average molecular weight is 179 g/mol. The summed E-state index contributed by atoms with van der Waals surface area (Å²) >= 11 is 0. The van der Waals surface area contributed by atoms with Crippen LogP contribution < -0.4 is 5.32 Å². The highest BCUT2D eigenvalue weighted by Crippen LogP contribution is 2.15. The zero-order valence-electron chi connectivity index (χ0n) is 7.91. The molecule has 1 saturated heterocycles. The molecule has 0 amide bonds. The Morgan fingerprint density at radius 2 is 2.00 bits per heavy atom. The fourth-order valence-electron chi connectivity index (χ4n) is 1.84. The van der Waals surface area contributed by atoms with Gasteiger partial charge in [0.15, 0.2) is 0 Å². The van der Waals surface area contributed by atoms with Crippen LogP contribution in [0.4, 0.5) is 0 Å². The summed E-state index contributed by atoms with van der Waals surface area (Å²) in [6.45, 7) is 2.22. The minimum Gasteiger partial charge on any atom is -0.370 e. The van der Waals surface area contributed by atoms with Gasteiger partial charge in [-0.3, -0.25) is 0 Å². The molecule has 1 fully saturated rings. The van der Waals surface area contributed by atoms with E-state index in [1.165, 1.54) is 0 Å². The van der Waals surface area contributed by atoms with Crippen LogP contribution in [-0.2, 0) is 4.74 Å². The van der Waals surface area contributed by atoms with E-state index in [4.69, 9.17) is 4.74 Å². The van der Waals surface area contributed by atoms with E-state index < -0.39 is 0 Å². The fraction of sp³-hybridized carbons (Fsp3) is 0.636. The van der Waals surface area contributed by atoms with Crippen molar-refractivity contribution in [1.82, 2.24) is 5.32 Å². The van der Waals surface area contributed by atoms with Gasteiger partial charge in [0.25, 0.3) is 0 Å². The molecule has 0 aromatic heterocycles. The molecule has 2 heteroatoms. The number of ether oxygens (including phenoxy) is 1. The van der Waals surface area contributed by atoms with Gasteiger partial charge in [-0.15, -0.1) is 0 Å². The fourth-order valence-corrected chi connectivity index (χ4v) is 1.84. The molecule has 1 unspecified atom stereocenters. The standard InChI is InChI=1S/C11H17NO/c1-2-4-10(5-3-1)13-11-6-8-12-9-7-11/h1-4,10-12H,5-9H2. The van der Waals surface area contributed by atoms with E-state index >= 15 is 0 Å². The molecule has 1 aliphatic heterocycles. The van der Waals surface area contributed by atoms with Gasteiger partial charge in [0.1, 0.15) is 0 Å². The Balaban J connectivity index is 1.76. The Morgan fingerprint density at radius 1 is 1.15 bits per heavy atom. The van der Waals surface area contributed by atoms with Crippen LogP contribution in [0.15, 0.2) is 24.3 Å². The lowest BCUT2D eigenvalue weighted by atomic mass is 10.1. The highest BCUT2D eigenvalue weighted by molar-refractivity contribution is 5.11. The minimum atomic E-state index is 0.327. The van der Waals surface area contributed by atoms with Crippen molar-refractivity contribution >= 4 is 0 Å². The van der Waals surface area contributed by atoms with Crippen molar-refractivity contribution in [2.45, 2.75) is 31.5 Å². The normalized spacial score (nSPS) is 29.4. The summed E-state index contributed by atoms with van der Waals surface area (Å²) < 4.78 is 5.95. The molecule has 0 bridgehead atoms. The van der Waals surface area contributed by atoms with Crippen molar-refractivity contribution in [2.24, 2.45) is 0 Å². The first-order valence-corrected chi connectivity index (χ1v) is 5.14. The third kappa shape index (κ3) is 2.68. The highest BCUT2D eigenvalue weighted by atomic mass is 16.5. The summed E-state index contributed by atoms with van der Waals surface area (Å²) in [5.74, 6) is 0. The summed E-state index contributed by atoms with van der Waals surface area (Å²) in [4.78, 5) is 0. The molecule has 13 heavy (non-hydrogen) atoms. The molecule has 2 rings (SSSR count). The van der Waals surface area contributed by atoms with E-state index in [0.717, 1.165) is 32.4 Å². The van der Waals surface area contributed by atoms with Crippen LogP contribution in [0.2, 0.25) is 0 Å². The topological polar surface area (TPSA) is 21.3 Å². The number of piperidine rings is 1. The Hall–Kier alpha value is -0.600. The van der Waals surface area contributed by atoms with Crippen LogP contribution in [-0.4, -0.2) is 25.3 Å². The van der Waals surface area contributed by atoms with E-state index in [9.17, 15) is 0 Å². The molecule has 0 aromatic carbocycles. The molecule has 1 N–H and O–H groups in total. The average Bonchev–Trinajstić information content (AvgIpc) is 2.21. The van der Waals surface area contributed by atoms with Crippen molar-refractivity contribution in [2.75, 3.05) is 13.1 Å².